The van der Waals surface area contributed by atoms with E-state index in [9.17, 15) is 4.79 Å². The molecule has 1 saturated carbocycles. The number of hydrogen-bond acceptors (Lipinski definition) is 4. The molecule has 0 amide bonds. The third-order valence-corrected chi connectivity index (χ3v) is 3.44. The van der Waals surface area contributed by atoms with Crippen LogP contribution in [-0.2, 0) is 9.53 Å². The zero-order chi connectivity index (χ0) is 10.8. The van der Waals surface area contributed by atoms with E-state index in [0.29, 0.717) is 18.7 Å². The van der Waals surface area contributed by atoms with Crippen LogP contribution in [-0.4, -0.2) is 60.9 Å². The van der Waals surface area contributed by atoms with Crippen LogP contribution in [0.5, 0.6) is 0 Å². The summed E-state index contributed by atoms with van der Waals surface area (Å²) >= 11 is 0. The molecule has 0 aromatic rings. The van der Waals surface area contributed by atoms with Gasteiger partial charge in [0.05, 0.1) is 6.10 Å². The van der Waals surface area contributed by atoms with Gasteiger partial charge in [-0.2, -0.15) is 0 Å². The average Bonchev–Trinajstić information content (AvgIpc) is 2.16. The highest BCUT2D eigenvalue weighted by atomic mass is 16.5. The Balaban J connectivity index is 1.91. The molecule has 5 nitrogen and oxygen atoms in total. The summed E-state index contributed by atoms with van der Waals surface area (Å²) in [6.07, 6.45) is 2.28. The minimum absolute atomic E-state index is 0.333. The summed E-state index contributed by atoms with van der Waals surface area (Å²) in [7, 11) is 1.72. The summed E-state index contributed by atoms with van der Waals surface area (Å²) < 4.78 is 5.21. The van der Waals surface area contributed by atoms with Crippen LogP contribution in [0.25, 0.3) is 0 Å². The maximum atomic E-state index is 11.0. The molecule has 1 atom stereocenters. The summed E-state index contributed by atoms with van der Waals surface area (Å²) in [5, 5.41) is 12.2. The summed E-state index contributed by atoms with van der Waals surface area (Å²) in [5.74, 6) is -0.719. The SMILES string of the molecule is COC1CC(N2CCNCC2C(=O)O)C1. The predicted molar refractivity (Wildman–Crippen MR) is 54.8 cm³/mol. The average molecular weight is 214 g/mol. The molecule has 0 bridgehead atoms. The van der Waals surface area contributed by atoms with Gasteiger partial charge >= 0.3 is 5.97 Å². The van der Waals surface area contributed by atoms with E-state index in [1.54, 1.807) is 7.11 Å². The number of nitrogens with zero attached hydrogens (tertiary/aromatic N) is 1. The second-order valence-corrected chi connectivity index (χ2v) is 4.28. The topological polar surface area (TPSA) is 61.8 Å². The van der Waals surface area contributed by atoms with Crippen molar-refractivity contribution in [3.05, 3.63) is 0 Å². The molecular weight excluding hydrogens is 196 g/mol. The van der Waals surface area contributed by atoms with Gasteiger partial charge in [-0.05, 0) is 12.8 Å². The monoisotopic (exact) mass is 214 g/mol. The van der Waals surface area contributed by atoms with Crippen molar-refractivity contribution in [2.75, 3.05) is 26.7 Å². The first-order valence-electron chi connectivity index (χ1n) is 5.44. The van der Waals surface area contributed by atoms with Crippen molar-refractivity contribution < 1.29 is 14.6 Å². The van der Waals surface area contributed by atoms with Crippen molar-refractivity contribution >= 4 is 5.97 Å². The lowest BCUT2D eigenvalue weighted by molar-refractivity contribution is -0.148. The van der Waals surface area contributed by atoms with Crippen molar-refractivity contribution in [1.82, 2.24) is 10.2 Å². The highest BCUT2D eigenvalue weighted by Gasteiger charge is 2.40. The summed E-state index contributed by atoms with van der Waals surface area (Å²) in [4.78, 5) is 13.2. The third-order valence-electron chi connectivity index (χ3n) is 3.44. The van der Waals surface area contributed by atoms with Crippen molar-refractivity contribution in [2.24, 2.45) is 0 Å². The third kappa shape index (κ3) is 2.14. The Morgan fingerprint density at radius 3 is 2.87 bits per heavy atom. The molecule has 5 heteroatoms. The van der Waals surface area contributed by atoms with Crippen LogP contribution < -0.4 is 5.32 Å². The predicted octanol–water partition coefficient (Wildman–Crippen LogP) is -0.478. The minimum Gasteiger partial charge on any atom is -0.480 e. The fraction of sp³-hybridized carbons (Fsp3) is 0.900. The maximum absolute atomic E-state index is 11.0. The Hall–Kier alpha value is -0.650. The first-order valence-corrected chi connectivity index (χ1v) is 5.44. The van der Waals surface area contributed by atoms with Crippen LogP contribution >= 0.6 is 0 Å². The number of carboxylic acids is 1. The number of carbonyl (C=O) groups is 1. The van der Waals surface area contributed by atoms with E-state index in [1.807, 2.05) is 0 Å². The van der Waals surface area contributed by atoms with Crippen molar-refractivity contribution in [1.29, 1.82) is 0 Å². The molecule has 2 aliphatic rings. The number of rotatable bonds is 3. The lowest BCUT2D eigenvalue weighted by Crippen LogP contribution is -2.61. The van der Waals surface area contributed by atoms with Gasteiger partial charge in [0.2, 0.25) is 0 Å². The van der Waals surface area contributed by atoms with E-state index in [-0.39, 0.29) is 6.04 Å². The molecule has 1 saturated heterocycles. The van der Waals surface area contributed by atoms with Crippen LogP contribution in [0.2, 0.25) is 0 Å². The van der Waals surface area contributed by atoms with Gasteiger partial charge in [0.15, 0.2) is 0 Å². The molecule has 1 heterocycles. The lowest BCUT2D eigenvalue weighted by atomic mass is 9.86. The van der Waals surface area contributed by atoms with Gasteiger partial charge < -0.3 is 15.2 Å². The summed E-state index contributed by atoms with van der Waals surface area (Å²) in [6, 6.07) is 0.0414. The van der Waals surface area contributed by atoms with Crippen LogP contribution in [0.4, 0.5) is 0 Å². The number of hydrogen-bond donors (Lipinski definition) is 2. The number of ether oxygens (including phenoxy) is 1. The zero-order valence-corrected chi connectivity index (χ0v) is 8.98. The smallest absolute Gasteiger partial charge is 0.322 e. The van der Waals surface area contributed by atoms with E-state index < -0.39 is 5.97 Å². The van der Waals surface area contributed by atoms with Crippen molar-refractivity contribution in [3.8, 4) is 0 Å². The van der Waals surface area contributed by atoms with Crippen LogP contribution in [0.3, 0.4) is 0 Å². The number of methoxy groups -OCH3 is 1. The van der Waals surface area contributed by atoms with E-state index >= 15 is 0 Å². The number of nitrogens with one attached hydrogen (secondary N) is 1. The maximum Gasteiger partial charge on any atom is 0.322 e. The molecule has 0 aromatic heterocycles. The standard InChI is InChI=1S/C10H18N2O3/c1-15-8-4-7(5-8)12-3-2-11-6-9(12)10(13)14/h7-9,11H,2-6H2,1H3,(H,13,14). The zero-order valence-electron chi connectivity index (χ0n) is 8.98. The largest absolute Gasteiger partial charge is 0.480 e. The van der Waals surface area contributed by atoms with Gasteiger partial charge in [-0.15, -0.1) is 0 Å². The molecule has 0 aromatic carbocycles. The van der Waals surface area contributed by atoms with Crippen molar-refractivity contribution in [3.63, 3.8) is 0 Å². The Morgan fingerprint density at radius 1 is 1.53 bits per heavy atom. The first-order chi connectivity index (χ1) is 7.22. The van der Waals surface area contributed by atoms with Gasteiger partial charge in [0, 0.05) is 32.8 Å². The molecule has 86 valence electrons. The second-order valence-electron chi connectivity index (χ2n) is 4.28. The highest BCUT2D eigenvalue weighted by Crippen LogP contribution is 2.29. The molecule has 1 unspecified atom stereocenters. The summed E-state index contributed by atoms with van der Waals surface area (Å²) in [6.45, 7) is 2.28. The Kier molecular flexibility index (Phi) is 3.23. The minimum atomic E-state index is -0.719. The van der Waals surface area contributed by atoms with E-state index in [1.165, 1.54) is 0 Å². The Bertz CT molecular complexity index is 241. The molecule has 15 heavy (non-hydrogen) atoms. The number of carboxylic acid groups (broad SMARTS) is 1. The van der Waals surface area contributed by atoms with E-state index in [0.717, 1.165) is 25.9 Å². The lowest BCUT2D eigenvalue weighted by Gasteiger charge is -2.46. The molecule has 2 rings (SSSR count). The van der Waals surface area contributed by atoms with Gasteiger partial charge in [-0.3, -0.25) is 9.69 Å². The van der Waals surface area contributed by atoms with Crippen molar-refractivity contribution in [2.45, 2.75) is 31.0 Å². The second kappa shape index (κ2) is 4.47. The first kappa shape index (κ1) is 10.9. The van der Waals surface area contributed by atoms with Gasteiger partial charge in [-0.25, -0.2) is 0 Å². The normalized spacial score (nSPS) is 37.3. The Morgan fingerprint density at radius 2 is 2.27 bits per heavy atom. The quantitative estimate of drug-likeness (QED) is 0.664. The Labute approximate surface area is 89.4 Å². The van der Waals surface area contributed by atoms with E-state index in [4.69, 9.17) is 9.84 Å². The number of piperazine rings is 1. The van der Waals surface area contributed by atoms with Crippen LogP contribution in [0.1, 0.15) is 12.8 Å². The summed E-state index contributed by atoms with van der Waals surface area (Å²) in [5.41, 5.74) is 0. The van der Waals surface area contributed by atoms with E-state index in [2.05, 4.69) is 10.2 Å². The molecule has 1 aliphatic heterocycles. The molecular formula is C10H18N2O3. The van der Waals surface area contributed by atoms with Crippen LogP contribution in [0.15, 0.2) is 0 Å². The fourth-order valence-electron chi connectivity index (χ4n) is 2.39. The number of aliphatic carboxylic acids is 1. The molecule has 2 fully saturated rings. The van der Waals surface area contributed by atoms with Gasteiger partial charge in [-0.1, -0.05) is 0 Å². The van der Waals surface area contributed by atoms with Gasteiger partial charge in [0.1, 0.15) is 6.04 Å². The van der Waals surface area contributed by atoms with Gasteiger partial charge in [0.25, 0.3) is 0 Å². The highest BCUT2D eigenvalue weighted by molar-refractivity contribution is 5.74. The molecule has 0 radical (unpaired) electrons. The fourth-order valence-corrected chi connectivity index (χ4v) is 2.39. The molecule has 1 aliphatic carbocycles. The van der Waals surface area contributed by atoms with Crippen LogP contribution in [0, 0.1) is 0 Å². The molecule has 2 N–H and O–H groups in total. The molecule has 0 spiro atoms.